The molecule has 0 saturated heterocycles. The number of rotatable bonds is 2. The number of aromatic nitrogens is 2. The van der Waals surface area contributed by atoms with E-state index < -0.39 is 0 Å². The van der Waals surface area contributed by atoms with Crippen LogP contribution in [0.2, 0.25) is 0 Å². The number of nitrogens with zero attached hydrogens (tertiary/aromatic N) is 2. The molecule has 36 heavy (non-hydrogen) atoms. The Morgan fingerprint density at radius 3 is 2.19 bits per heavy atom. The third-order valence-corrected chi connectivity index (χ3v) is 7.64. The molecule has 0 bridgehead atoms. The molecule has 1 atom stereocenters. The molecule has 0 fully saturated rings. The highest BCUT2D eigenvalue weighted by atomic mass is 16.5. The first-order valence-electron chi connectivity index (χ1n) is 12.7. The maximum absolute atomic E-state index is 13.4. The molecular weight excluding hydrogens is 444 g/mol. The van der Waals surface area contributed by atoms with Crippen molar-refractivity contribution >= 4 is 38.6 Å². The maximum Gasteiger partial charge on any atom is 0.163 e. The number of ketones is 1. The molecule has 0 spiro atoms. The molecule has 4 nitrogen and oxygen atoms in total. The van der Waals surface area contributed by atoms with E-state index in [9.17, 15) is 4.79 Å². The zero-order chi connectivity index (χ0) is 24.4. The number of allylic oxidation sites excluding steroid dienone is 2. The minimum atomic E-state index is -0.236. The Morgan fingerprint density at radius 1 is 0.806 bits per heavy atom. The summed E-state index contributed by atoms with van der Waals surface area (Å²) in [4.78, 5) is 23.7. The van der Waals surface area contributed by atoms with Crippen molar-refractivity contribution in [1.82, 2.24) is 9.97 Å². The molecule has 2 aliphatic rings. The van der Waals surface area contributed by atoms with Gasteiger partial charge in [-0.25, -0.2) is 9.97 Å². The average Bonchev–Trinajstić information content (AvgIpc) is 2.91. The van der Waals surface area contributed by atoms with Crippen LogP contribution in [0.25, 0.3) is 32.8 Å². The van der Waals surface area contributed by atoms with Gasteiger partial charge in [-0.15, -0.1) is 0 Å². The van der Waals surface area contributed by atoms with E-state index in [1.54, 1.807) is 0 Å². The molecule has 1 unspecified atom stereocenters. The summed E-state index contributed by atoms with van der Waals surface area (Å²) in [6.07, 6.45) is 2.15. The summed E-state index contributed by atoms with van der Waals surface area (Å²) < 4.78 is 6.64. The van der Waals surface area contributed by atoms with Crippen LogP contribution in [-0.2, 0) is 4.79 Å². The Hall–Kier alpha value is -4.05. The summed E-state index contributed by atoms with van der Waals surface area (Å²) in [7, 11) is 0. The van der Waals surface area contributed by atoms with Gasteiger partial charge in [0.1, 0.15) is 11.5 Å². The van der Waals surface area contributed by atoms with Gasteiger partial charge in [-0.2, -0.15) is 0 Å². The number of hydrogen-bond donors (Lipinski definition) is 0. The lowest BCUT2D eigenvalue weighted by Crippen LogP contribution is -2.26. The fourth-order valence-corrected chi connectivity index (χ4v) is 5.83. The van der Waals surface area contributed by atoms with Crippen LogP contribution in [0.4, 0.5) is 0 Å². The largest absolute Gasteiger partial charge is 0.460 e. The Bertz CT molecular complexity index is 1730. The van der Waals surface area contributed by atoms with Crippen LogP contribution in [0, 0.1) is 0 Å². The molecule has 4 heteroatoms. The van der Waals surface area contributed by atoms with E-state index in [-0.39, 0.29) is 11.7 Å². The first-order valence-corrected chi connectivity index (χ1v) is 12.7. The van der Waals surface area contributed by atoms with Gasteiger partial charge in [0.15, 0.2) is 5.78 Å². The molecular formula is C32H26N2O2. The SMILES string of the molecule is CC(C)c1ccc(C2C3=C(CCCC3=O)Oc3c2c2nc4ccccc4nc2c2ccccc32)cc1. The van der Waals surface area contributed by atoms with Crippen LogP contribution in [0.15, 0.2) is 84.1 Å². The molecule has 0 saturated carbocycles. The molecule has 4 aromatic carbocycles. The predicted octanol–water partition coefficient (Wildman–Crippen LogP) is 7.59. The number of fused-ring (bicyclic) bond motifs is 7. The summed E-state index contributed by atoms with van der Waals surface area (Å²) in [5.41, 5.74) is 7.48. The topological polar surface area (TPSA) is 52.1 Å². The van der Waals surface area contributed by atoms with Gasteiger partial charge in [0.25, 0.3) is 0 Å². The van der Waals surface area contributed by atoms with E-state index in [0.29, 0.717) is 12.3 Å². The van der Waals surface area contributed by atoms with Gasteiger partial charge in [0, 0.05) is 40.7 Å². The van der Waals surface area contributed by atoms with Gasteiger partial charge >= 0.3 is 0 Å². The smallest absolute Gasteiger partial charge is 0.163 e. The second-order valence-corrected chi connectivity index (χ2v) is 10.2. The molecule has 5 aromatic rings. The van der Waals surface area contributed by atoms with Crippen LogP contribution in [0.3, 0.4) is 0 Å². The summed E-state index contributed by atoms with van der Waals surface area (Å²) in [5.74, 6) is 2.01. The van der Waals surface area contributed by atoms with Crippen molar-refractivity contribution in [2.24, 2.45) is 0 Å². The van der Waals surface area contributed by atoms with Crippen LogP contribution < -0.4 is 4.74 Å². The number of Topliss-reactive ketones (excluding diaryl/α,β-unsaturated/α-hetero) is 1. The molecule has 1 aliphatic heterocycles. The summed E-state index contributed by atoms with van der Waals surface area (Å²) in [6, 6.07) is 25.0. The predicted molar refractivity (Wildman–Crippen MR) is 143 cm³/mol. The number of ether oxygens (including phenoxy) is 1. The van der Waals surface area contributed by atoms with Gasteiger partial charge in [-0.1, -0.05) is 74.5 Å². The third kappa shape index (κ3) is 3.10. The standard InChI is InChI=1S/C32H26N2O2/c1-18(2)19-14-16-20(17-15-19)27-28-25(35)12-7-13-26(28)36-32-22-9-4-3-8-21(22)30-31(29(27)32)34-24-11-6-5-10-23(24)33-30/h3-6,8-11,14-18,27H,7,12-13H2,1-2H3. The van der Waals surface area contributed by atoms with Crippen molar-refractivity contribution in [2.75, 3.05) is 0 Å². The highest BCUT2D eigenvalue weighted by molar-refractivity contribution is 6.12. The molecule has 0 radical (unpaired) electrons. The first-order chi connectivity index (χ1) is 17.6. The highest BCUT2D eigenvalue weighted by Gasteiger charge is 2.39. The lowest BCUT2D eigenvalue weighted by atomic mass is 9.75. The molecule has 0 amide bonds. The summed E-state index contributed by atoms with van der Waals surface area (Å²) in [6.45, 7) is 4.40. The number of hydrogen-bond acceptors (Lipinski definition) is 4. The number of para-hydroxylation sites is 2. The molecule has 1 aromatic heterocycles. The van der Waals surface area contributed by atoms with E-state index in [1.165, 1.54) is 5.56 Å². The Balaban J connectivity index is 1.62. The van der Waals surface area contributed by atoms with Crippen molar-refractivity contribution in [3.05, 3.63) is 101 Å². The number of carbonyl (C=O) groups is 1. The van der Waals surface area contributed by atoms with Gasteiger partial charge in [-0.05, 0) is 35.6 Å². The highest BCUT2D eigenvalue weighted by Crippen LogP contribution is 2.52. The van der Waals surface area contributed by atoms with Gasteiger partial charge in [0.05, 0.1) is 22.1 Å². The van der Waals surface area contributed by atoms with Crippen molar-refractivity contribution < 1.29 is 9.53 Å². The van der Waals surface area contributed by atoms with Crippen LogP contribution in [0.5, 0.6) is 5.75 Å². The summed E-state index contributed by atoms with van der Waals surface area (Å²) >= 11 is 0. The fourth-order valence-electron chi connectivity index (χ4n) is 5.83. The molecule has 2 heterocycles. The van der Waals surface area contributed by atoms with E-state index >= 15 is 0 Å². The van der Waals surface area contributed by atoms with Crippen LogP contribution in [-0.4, -0.2) is 15.8 Å². The molecule has 7 rings (SSSR count). The Labute approximate surface area is 209 Å². The minimum absolute atomic E-state index is 0.176. The Kier molecular flexibility index (Phi) is 4.72. The zero-order valence-corrected chi connectivity index (χ0v) is 20.4. The van der Waals surface area contributed by atoms with Crippen molar-refractivity contribution in [3.63, 3.8) is 0 Å². The molecule has 1 aliphatic carbocycles. The van der Waals surface area contributed by atoms with Gasteiger partial charge in [0.2, 0.25) is 0 Å². The van der Waals surface area contributed by atoms with Crippen molar-refractivity contribution in [1.29, 1.82) is 0 Å². The average molecular weight is 471 g/mol. The first kappa shape index (κ1) is 21.3. The lowest BCUT2D eigenvalue weighted by molar-refractivity contribution is -0.116. The van der Waals surface area contributed by atoms with Crippen LogP contribution >= 0.6 is 0 Å². The van der Waals surface area contributed by atoms with Gasteiger partial charge < -0.3 is 4.74 Å². The molecule has 0 N–H and O–H groups in total. The molecule has 176 valence electrons. The third-order valence-electron chi connectivity index (χ3n) is 7.64. The van der Waals surface area contributed by atoms with Gasteiger partial charge in [-0.3, -0.25) is 4.79 Å². The Morgan fingerprint density at radius 2 is 1.47 bits per heavy atom. The van der Waals surface area contributed by atoms with E-state index in [0.717, 1.165) is 73.9 Å². The van der Waals surface area contributed by atoms with E-state index in [2.05, 4.69) is 50.2 Å². The van der Waals surface area contributed by atoms with E-state index in [4.69, 9.17) is 14.7 Å². The number of benzene rings is 4. The maximum atomic E-state index is 13.4. The normalized spacial score (nSPS) is 17.5. The van der Waals surface area contributed by atoms with E-state index in [1.807, 2.05) is 36.4 Å². The van der Waals surface area contributed by atoms with Crippen molar-refractivity contribution in [2.45, 2.75) is 44.9 Å². The van der Waals surface area contributed by atoms with Crippen LogP contribution in [0.1, 0.15) is 61.6 Å². The quantitative estimate of drug-likeness (QED) is 0.197. The minimum Gasteiger partial charge on any atom is -0.460 e. The second kappa shape index (κ2) is 7.99. The van der Waals surface area contributed by atoms with Crippen molar-refractivity contribution in [3.8, 4) is 5.75 Å². The number of carbonyl (C=O) groups excluding carboxylic acids is 1. The second-order valence-electron chi connectivity index (χ2n) is 10.2. The fraction of sp³-hybridized carbons (Fsp3) is 0.219. The zero-order valence-electron chi connectivity index (χ0n) is 20.4. The summed E-state index contributed by atoms with van der Waals surface area (Å²) in [5, 5.41) is 2.03. The monoisotopic (exact) mass is 470 g/mol. The lowest BCUT2D eigenvalue weighted by Gasteiger charge is -2.34.